The molecular formula is C22H25F4N3O4S. The van der Waals surface area contributed by atoms with Crippen molar-refractivity contribution in [3.8, 4) is 5.75 Å². The lowest BCUT2D eigenvalue weighted by Gasteiger charge is -2.36. The molecule has 186 valence electrons. The van der Waals surface area contributed by atoms with Crippen molar-refractivity contribution < 1.29 is 35.5 Å². The molecule has 3 rings (SSSR count). The average Bonchev–Trinajstić information content (AvgIpc) is 2.71. The maximum absolute atomic E-state index is 14.3. The lowest BCUT2D eigenvalue weighted by molar-refractivity contribution is -0.138. The van der Waals surface area contributed by atoms with Gasteiger partial charge in [0.25, 0.3) is 5.91 Å². The molecule has 0 unspecified atom stereocenters. The van der Waals surface area contributed by atoms with Crippen LogP contribution in [0.5, 0.6) is 5.75 Å². The number of piperazine rings is 1. The van der Waals surface area contributed by atoms with Crippen LogP contribution in [0.1, 0.15) is 36.7 Å². The number of anilines is 1. The lowest BCUT2D eigenvalue weighted by atomic mass is 10.1. The standard InChI is InChI=1S/C22H25F4N3O4S/c1-21(2,3)33-18-6-5-15(34(4,31)32)12-16(18)20(30)29-9-7-28(8-10-29)19-17(23)11-14(13-27-19)22(24,25)26/h5-6,11-13H,7-10H2,1-4H3. The van der Waals surface area contributed by atoms with Crippen LogP contribution < -0.4 is 9.64 Å². The number of sulfone groups is 1. The molecule has 7 nitrogen and oxygen atoms in total. The van der Waals surface area contributed by atoms with Crippen LogP contribution in [0.25, 0.3) is 0 Å². The molecule has 0 N–H and O–H groups in total. The summed E-state index contributed by atoms with van der Waals surface area (Å²) < 4.78 is 82.5. The molecule has 12 heteroatoms. The Morgan fingerprint density at radius 3 is 2.18 bits per heavy atom. The van der Waals surface area contributed by atoms with E-state index in [4.69, 9.17) is 4.74 Å². The third-order valence-corrected chi connectivity index (χ3v) is 6.15. The number of alkyl halides is 3. The molecule has 1 aliphatic rings. The fourth-order valence-corrected chi connectivity index (χ4v) is 4.08. The van der Waals surface area contributed by atoms with Crippen LogP contribution in [-0.4, -0.2) is 62.2 Å². The van der Waals surface area contributed by atoms with Gasteiger partial charge in [-0.3, -0.25) is 4.79 Å². The zero-order chi connectivity index (χ0) is 25.5. The van der Waals surface area contributed by atoms with Crippen molar-refractivity contribution in [3.05, 3.63) is 47.4 Å². The Morgan fingerprint density at radius 2 is 1.68 bits per heavy atom. The van der Waals surface area contributed by atoms with Crippen molar-refractivity contribution in [2.24, 2.45) is 0 Å². The van der Waals surface area contributed by atoms with Gasteiger partial charge in [-0.1, -0.05) is 0 Å². The predicted octanol–water partition coefficient (Wildman–Crippen LogP) is 3.78. The highest BCUT2D eigenvalue weighted by atomic mass is 32.2. The fourth-order valence-electron chi connectivity index (χ4n) is 3.44. The fraction of sp³-hybridized carbons (Fsp3) is 0.455. The summed E-state index contributed by atoms with van der Waals surface area (Å²) in [7, 11) is -3.58. The normalized spacial score (nSPS) is 15.4. The van der Waals surface area contributed by atoms with E-state index in [1.165, 1.54) is 28.0 Å². The van der Waals surface area contributed by atoms with E-state index < -0.39 is 38.9 Å². The third kappa shape index (κ3) is 5.96. The van der Waals surface area contributed by atoms with Gasteiger partial charge in [-0.25, -0.2) is 17.8 Å². The summed E-state index contributed by atoms with van der Waals surface area (Å²) in [6.45, 7) is 5.87. The molecule has 1 amide bonds. The molecule has 2 heterocycles. The summed E-state index contributed by atoms with van der Waals surface area (Å²) in [5, 5.41) is 0. The van der Waals surface area contributed by atoms with Gasteiger partial charge < -0.3 is 14.5 Å². The van der Waals surface area contributed by atoms with Gasteiger partial charge in [0.1, 0.15) is 11.4 Å². The van der Waals surface area contributed by atoms with E-state index in [2.05, 4.69) is 4.98 Å². The molecule has 0 aliphatic carbocycles. The van der Waals surface area contributed by atoms with Crippen LogP contribution in [0.4, 0.5) is 23.4 Å². The van der Waals surface area contributed by atoms with E-state index in [0.29, 0.717) is 12.3 Å². The molecule has 0 bridgehead atoms. The number of ether oxygens (including phenoxy) is 1. The molecule has 1 saturated heterocycles. The number of aromatic nitrogens is 1. The van der Waals surface area contributed by atoms with Gasteiger partial charge >= 0.3 is 6.18 Å². The Kier molecular flexibility index (Phi) is 6.84. The predicted molar refractivity (Wildman–Crippen MR) is 117 cm³/mol. The smallest absolute Gasteiger partial charge is 0.417 e. The Balaban J connectivity index is 1.81. The Morgan fingerprint density at radius 1 is 1.06 bits per heavy atom. The second-order valence-corrected chi connectivity index (χ2v) is 11.0. The van der Waals surface area contributed by atoms with Gasteiger partial charge in [0.05, 0.1) is 16.0 Å². The molecule has 1 aromatic heterocycles. The van der Waals surface area contributed by atoms with E-state index in [1.807, 2.05) is 0 Å². The summed E-state index contributed by atoms with van der Waals surface area (Å²) in [5.74, 6) is -1.57. The lowest BCUT2D eigenvalue weighted by Crippen LogP contribution is -2.49. The Hall–Kier alpha value is -2.89. The zero-order valence-electron chi connectivity index (χ0n) is 19.1. The van der Waals surface area contributed by atoms with E-state index in [1.54, 1.807) is 20.8 Å². The number of amides is 1. The number of carbonyl (C=O) groups excluding carboxylic acids is 1. The van der Waals surface area contributed by atoms with Crippen molar-refractivity contribution in [1.29, 1.82) is 0 Å². The first-order chi connectivity index (χ1) is 15.6. The molecule has 1 aliphatic heterocycles. The molecular weight excluding hydrogens is 478 g/mol. The van der Waals surface area contributed by atoms with Crippen molar-refractivity contribution in [3.63, 3.8) is 0 Å². The van der Waals surface area contributed by atoms with E-state index in [9.17, 15) is 30.8 Å². The van der Waals surface area contributed by atoms with Gasteiger partial charge in [0.15, 0.2) is 21.5 Å². The topological polar surface area (TPSA) is 79.8 Å². The third-order valence-electron chi connectivity index (χ3n) is 5.04. The largest absolute Gasteiger partial charge is 0.487 e. The number of hydrogen-bond acceptors (Lipinski definition) is 6. The number of nitrogens with zero attached hydrogens (tertiary/aromatic N) is 3. The zero-order valence-corrected chi connectivity index (χ0v) is 19.9. The summed E-state index contributed by atoms with van der Waals surface area (Å²) in [6, 6.07) is 4.46. The molecule has 0 saturated carbocycles. The Labute approximate surface area is 195 Å². The van der Waals surface area contributed by atoms with Crippen LogP contribution in [-0.2, 0) is 16.0 Å². The summed E-state index contributed by atoms with van der Waals surface area (Å²) in [5.41, 5.74) is -1.75. The van der Waals surface area contributed by atoms with Crippen molar-refractivity contribution in [2.45, 2.75) is 37.4 Å². The number of halogens is 4. The first-order valence-electron chi connectivity index (χ1n) is 10.4. The second-order valence-electron chi connectivity index (χ2n) is 8.95. The molecule has 34 heavy (non-hydrogen) atoms. The summed E-state index contributed by atoms with van der Waals surface area (Å²) >= 11 is 0. The first-order valence-corrected chi connectivity index (χ1v) is 12.3. The van der Waals surface area contributed by atoms with Crippen LogP contribution in [0.3, 0.4) is 0 Å². The summed E-state index contributed by atoms with van der Waals surface area (Å²) in [4.78, 5) is 19.8. The minimum Gasteiger partial charge on any atom is -0.487 e. The highest BCUT2D eigenvalue weighted by molar-refractivity contribution is 7.90. The monoisotopic (exact) mass is 503 g/mol. The number of pyridine rings is 1. The summed E-state index contributed by atoms with van der Waals surface area (Å²) in [6.07, 6.45) is -3.10. The van der Waals surface area contributed by atoms with Crippen LogP contribution in [0.15, 0.2) is 35.4 Å². The average molecular weight is 504 g/mol. The first kappa shape index (κ1) is 25.7. The van der Waals surface area contributed by atoms with E-state index in [-0.39, 0.29) is 48.2 Å². The van der Waals surface area contributed by atoms with Crippen molar-refractivity contribution in [2.75, 3.05) is 37.3 Å². The maximum Gasteiger partial charge on any atom is 0.417 e. The number of rotatable bonds is 4. The molecule has 0 spiro atoms. The van der Waals surface area contributed by atoms with Gasteiger partial charge in [0, 0.05) is 38.6 Å². The minimum atomic E-state index is -4.70. The van der Waals surface area contributed by atoms with Crippen molar-refractivity contribution >= 4 is 21.6 Å². The van der Waals surface area contributed by atoms with Gasteiger partial charge in [0.2, 0.25) is 0 Å². The number of hydrogen-bond donors (Lipinski definition) is 0. The highest BCUT2D eigenvalue weighted by Gasteiger charge is 2.33. The molecule has 0 atom stereocenters. The van der Waals surface area contributed by atoms with Crippen LogP contribution >= 0.6 is 0 Å². The van der Waals surface area contributed by atoms with Crippen LogP contribution in [0.2, 0.25) is 0 Å². The molecule has 0 radical (unpaired) electrons. The SMILES string of the molecule is CC(C)(C)Oc1ccc(S(C)(=O)=O)cc1C(=O)N1CCN(c2ncc(C(F)(F)F)cc2F)CC1. The minimum absolute atomic E-state index is 0.0354. The number of carbonyl (C=O) groups is 1. The maximum atomic E-state index is 14.3. The van der Waals surface area contributed by atoms with Crippen LogP contribution in [0, 0.1) is 5.82 Å². The van der Waals surface area contributed by atoms with Crippen molar-refractivity contribution in [1.82, 2.24) is 9.88 Å². The molecule has 1 fully saturated rings. The second kappa shape index (κ2) is 9.05. The highest BCUT2D eigenvalue weighted by Crippen LogP contribution is 2.32. The van der Waals surface area contributed by atoms with Gasteiger partial charge in [-0.2, -0.15) is 13.2 Å². The Bertz CT molecular complexity index is 1190. The quantitative estimate of drug-likeness (QED) is 0.591. The van der Waals surface area contributed by atoms with Gasteiger partial charge in [-0.15, -0.1) is 0 Å². The van der Waals surface area contributed by atoms with E-state index in [0.717, 1.165) is 6.26 Å². The van der Waals surface area contributed by atoms with Gasteiger partial charge in [-0.05, 0) is 45.0 Å². The molecule has 1 aromatic carbocycles. The molecule has 2 aromatic rings. The van der Waals surface area contributed by atoms with E-state index >= 15 is 0 Å². The number of benzene rings is 1.